The first-order valence-electron chi connectivity index (χ1n) is 14.3. The first-order valence-corrected chi connectivity index (χ1v) is 14.3. The van der Waals surface area contributed by atoms with Gasteiger partial charge >= 0.3 is 0 Å². The summed E-state index contributed by atoms with van der Waals surface area (Å²) in [5.74, 6) is 0.867. The van der Waals surface area contributed by atoms with Crippen LogP contribution in [0.3, 0.4) is 0 Å². The van der Waals surface area contributed by atoms with E-state index < -0.39 is 0 Å². The third-order valence-electron chi connectivity index (χ3n) is 9.84. The van der Waals surface area contributed by atoms with E-state index in [1.807, 2.05) is 0 Å². The topological polar surface area (TPSA) is 82.9 Å². The van der Waals surface area contributed by atoms with Crippen LogP contribution in [0, 0.1) is 20.8 Å². The molecule has 0 amide bonds. The summed E-state index contributed by atoms with van der Waals surface area (Å²) in [6.07, 6.45) is 11.0. The predicted octanol–water partition coefficient (Wildman–Crippen LogP) is 6.14. The van der Waals surface area contributed by atoms with Gasteiger partial charge in [-0.1, -0.05) is 6.07 Å². The van der Waals surface area contributed by atoms with Crippen molar-refractivity contribution in [1.29, 1.82) is 0 Å². The van der Waals surface area contributed by atoms with Crippen LogP contribution >= 0.6 is 0 Å². The predicted molar refractivity (Wildman–Crippen MR) is 151 cm³/mol. The number of aryl methyl sites for hydroxylation is 3. The summed E-state index contributed by atoms with van der Waals surface area (Å²) in [6, 6.07) is 11.9. The minimum absolute atomic E-state index is 0.132. The third kappa shape index (κ3) is 4.03. The average Bonchev–Trinajstić information content (AvgIpc) is 3.59. The number of fused-ring (bicyclic) bond motifs is 4. The first kappa shape index (κ1) is 23.9. The molecular weight excluding hydrogens is 472 g/mol. The van der Waals surface area contributed by atoms with Crippen molar-refractivity contribution in [1.82, 2.24) is 25.5 Å². The lowest BCUT2D eigenvalue weighted by Crippen LogP contribution is -2.60. The molecule has 38 heavy (non-hydrogen) atoms. The van der Waals surface area contributed by atoms with E-state index in [0.29, 0.717) is 11.6 Å². The number of H-pyrrole nitrogens is 1. The minimum atomic E-state index is 0.132. The minimum Gasteiger partial charge on any atom is -0.427 e. The number of aromatic nitrogens is 4. The van der Waals surface area contributed by atoms with Crippen LogP contribution in [-0.2, 0) is 5.41 Å². The Balaban J connectivity index is 1.02. The summed E-state index contributed by atoms with van der Waals surface area (Å²) in [6.45, 7) is 8.55. The fourth-order valence-corrected chi connectivity index (χ4v) is 7.63. The van der Waals surface area contributed by atoms with Crippen molar-refractivity contribution in [3.05, 3.63) is 59.6 Å². The highest BCUT2D eigenvalue weighted by molar-refractivity contribution is 5.92. The number of nitrogens with zero attached hydrogens (tertiary/aromatic N) is 4. The van der Waals surface area contributed by atoms with Gasteiger partial charge in [0.1, 0.15) is 0 Å². The van der Waals surface area contributed by atoms with Gasteiger partial charge in [0.15, 0.2) is 0 Å². The molecule has 8 rings (SSSR count). The number of rotatable bonds is 5. The number of aromatic amines is 1. The molecule has 4 fully saturated rings. The van der Waals surface area contributed by atoms with E-state index in [4.69, 9.17) is 4.42 Å². The number of benzene rings is 1. The summed E-state index contributed by atoms with van der Waals surface area (Å²) in [5, 5.41) is 13.7. The van der Waals surface area contributed by atoms with Gasteiger partial charge in [0.05, 0.1) is 0 Å². The van der Waals surface area contributed by atoms with E-state index in [2.05, 4.69) is 81.5 Å². The molecule has 1 aromatic carbocycles. The third-order valence-corrected chi connectivity index (χ3v) is 9.84. The summed E-state index contributed by atoms with van der Waals surface area (Å²) in [5.41, 5.74) is 8.82. The summed E-state index contributed by atoms with van der Waals surface area (Å²) in [7, 11) is 0. The molecule has 3 saturated carbocycles. The lowest BCUT2D eigenvalue weighted by atomic mass is 9.57. The molecule has 198 valence electrons. The van der Waals surface area contributed by atoms with Gasteiger partial charge < -0.3 is 19.6 Å². The van der Waals surface area contributed by atoms with Crippen LogP contribution in [0.2, 0.25) is 0 Å². The second-order valence-electron chi connectivity index (χ2n) is 12.2. The fourth-order valence-electron chi connectivity index (χ4n) is 7.63. The maximum atomic E-state index is 5.64. The smallest absolute Gasteiger partial charge is 0.222 e. The second kappa shape index (κ2) is 8.94. The highest BCUT2D eigenvalue weighted by atomic mass is 16.4. The maximum absolute atomic E-state index is 5.64. The van der Waals surface area contributed by atoms with Crippen LogP contribution in [0.1, 0.15) is 74.2 Å². The molecule has 4 aliphatic rings. The van der Waals surface area contributed by atoms with Crippen molar-refractivity contribution in [2.24, 2.45) is 0 Å². The van der Waals surface area contributed by atoms with Crippen molar-refractivity contribution in [2.75, 3.05) is 18.0 Å². The molecule has 7 heteroatoms. The van der Waals surface area contributed by atoms with Gasteiger partial charge in [-0.25, -0.2) is 0 Å². The van der Waals surface area contributed by atoms with E-state index >= 15 is 0 Å². The molecule has 2 N–H and O–H groups in total. The number of hydrogen-bond donors (Lipinski definition) is 2. The van der Waals surface area contributed by atoms with E-state index in [0.717, 1.165) is 49.6 Å². The van der Waals surface area contributed by atoms with Gasteiger partial charge in [0, 0.05) is 69.3 Å². The van der Waals surface area contributed by atoms with Gasteiger partial charge in [-0.05, 0) is 102 Å². The molecule has 2 bridgehead atoms. The highest BCUT2D eigenvalue weighted by Crippen LogP contribution is 2.53. The summed E-state index contributed by atoms with van der Waals surface area (Å²) < 4.78 is 5.64. The normalized spacial score (nSPS) is 25.9. The zero-order valence-electron chi connectivity index (χ0n) is 22.8. The molecule has 0 radical (unpaired) electrons. The zero-order valence-corrected chi connectivity index (χ0v) is 22.8. The van der Waals surface area contributed by atoms with Crippen molar-refractivity contribution in [2.45, 2.75) is 89.1 Å². The van der Waals surface area contributed by atoms with E-state index in [9.17, 15) is 0 Å². The number of anilines is 1. The van der Waals surface area contributed by atoms with Gasteiger partial charge in [0.25, 0.3) is 0 Å². The van der Waals surface area contributed by atoms with Crippen LogP contribution < -0.4 is 10.2 Å². The largest absolute Gasteiger partial charge is 0.427 e. The molecule has 1 saturated heterocycles. The van der Waals surface area contributed by atoms with Crippen LogP contribution in [-0.4, -0.2) is 44.8 Å². The summed E-state index contributed by atoms with van der Waals surface area (Å²) in [4.78, 5) is 10.8. The van der Waals surface area contributed by atoms with E-state index in [1.165, 1.54) is 71.9 Å². The molecule has 1 aliphatic heterocycles. The molecular formula is C31H38N6O. The van der Waals surface area contributed by atoms with Crippen molar-refractivity contribution < 1.29 is 4.42 Å². The van der Waals surface area contributed by atoms with Crippen LogP contribution in [0.4, 0.5) is 5.69 Å². The average molecular weight is 511 g/mol. The highest BCUT2D eigenvalue weighted by Gasteiger charge is 2.52. The molecule has 4 aromatic rings. The molecule has 3 aromatic heterocycles. The Morgan fingerprint density at radius 1 is 0.947 bits per heavy atom. The van der Waals surface area contributed by atoms with Gasteiger partial charge in [0.2, 0.25) is 12.3 Å². The Bertz CT molecular complexity index is 1420. The Morgan fingerprint density at radius 2 is 1.66 bits per heavy atom. The number of hydrogen-bond acceptors (Lipinski definition) is 6. The van der Waals surface area contributed by atoms with Crippen molar-refractivity contribution >= 4 is 16.6 Å². The molecule has 0 unspecified atom stereocenters. The maximum Gasteiger partial charge on any atom is 0.222 e. The fraction of sp³-hybridized carbons (Fsp3) is 0.516. The molecule has 3 aliphatic carbocycles. The first-order chi connectivity index (χ1) is 18.4. The molecule has 0 spiro atoms. The van der Waals surface area contributed by atoms with Crippen molar-refractivity contribution in [3.63, 3.8) is 0 Å². The lowest BCUT2D eigenvalue weighted by molar-refractivity contribution is 0.0493. The Hall–Kier alpha value is -3.19. The van der Waals surface area contributed by atoms with Gasteiger partial charge in [-0.2, -0.15) is 0 Å². The standard InChI is InChI=1S/C31H38N6O/c1-20-16-23(17-21(2)33-20)28-22(3)26-5-4-25(18-27(26)34-28)37-14-6-24(7-15-37)35-31-11-8-30(9-12-31,10-13-31)29-36-32-19-38-29/h4-5,16-19,24,34-35H,6-15H2,1-3H3. The Labute approximate surface area is 224 Å². The summed E-state index contributed by atoms with van der Waals surface area (Å²) >= 11 is 0. The monoisotopic (exact) mass is 510 g/mol. The van der Waals surface area contributed by atoms with Gasteiger partial charge in [-0.15, -0.1) is 10.2 Å². The molecule has 7 nitrogen and oxygen atoms in total. The SMILES string of the molecule is Cc1cc(-c2[nH]c3cc(N4CCC(NC56CCC(c7nnco7)(CC5)CC6)CC4)ccc3c2C)cc(C)n1. The zero-order chi connectivity index (χ0) is 25.9. The Morgan fingerprint density at radius 3 is 2.32 bits per heavy atom. The Kier molecular flexibility index (Phi) is 5.62. The number of nitrogens with one attached hydrogen (secondary N) is 2. The van der Waals surface area contributed by atoms with Crippen molar-refractivity contribution in [3.8, 4) is 11.3 Å². The number of pyridine rings is 1. The van der Waals surface area contributed by atoms with E-state index in [-0.39, 0.29) is 5.41 Å². The lowest BCUT2D eigenvalue weighted by Gasteiger charge is -2.54. The van der Waals surface area contributed by atoms with Gasteiger partial charge in [-0.3, -0.25) is 4.98 Å². The number of piperidine rings is 1. The van der Waals surface area contributed by atoms with Crippen LogP contribution in [0.15, 0.2) is 41.1 Å². The van der Waals surface area contributed by atoms with E-state index in [1.54, 1.807) is 0 Å². The quantitative estimate of drug-likeness (QED) is 0.336. The van der Waals surface area contributed by atoms with Crippen LogP contribution in [0.25, 0.3) is 22.2 Å². The second-order valence-corrected chi connectivity index (χ2v) is 12.2. The molecule has 4 heterocycles. The van der Waals surface area contributed by atoms with Crippen LogP contribution in [0.5, 0.6) is 0 Å². The molecule has 0 atom stereocenters.